The van der Waals surface area contributed by atoms with Gasteiger partial charge in [0.05, 0.1) is 0 Å². The second kappa shape index (κ2) is 6.42. The summed E-state index contributed by atoms with van der Waals surface area (Å²) in [6.07, 6.45) is 0. The topological polar surface area (TPSA) is 26.3 Å². The van der Waals surface area contributed by atoms with Crippen molar-refractivity contribution in [3.8, 4) is 22.6 Å². The summed E-state index contributed by atoms with van der Waals surface area (Å²) in [6, 6.07) is 24.7. The molecular formula is C22H12I2O2. The summed E-state index contributed by atoms with van der Waals surface area (Å²) in [5.41, 5.74) is 4.03. The van der Waals surface area contributed by atoms with Crippen molar-refractivity contribution in [2.75, 3.05) is 0 Å². The van der Waals surface area contributed by atoms with Crippen molar-refractivity contribution in [2.45, 2.75) is 0 Å². The fraction of sp³-hybridized carbons (Fsp3) is 0. The number of rotatable bonds is 2. The van der Waals surface area contributed by atoms with Gasteiger partial charge in [0.25, 0.3) is 0 Å². The van der Waals surface area contributed by atoms with Gasteiger partial charge in [-0.25, -0.2) is 0 Å². The zero-order valence-electron chi connectivity index (χ0n) is 13.5. The van der Waals surface area contributed by atoms with Crippen molar-refractivity contribution in [2.24, 2.45) is 0 Å². The molecule has 0 aliphatic rings. The fourth-order valence-electron chi connectivity index (χ4n) is 3.15. The first kappa shape index (κ1) is 16.4. The van der Waals surface area contributed by atoms with Crippen LogP contribution in [-0.2, 0) is 0 Å². The Morgan fingerprint density at radius 1 is 0.538 bits per heavy atom. The molecule has 0 N–H and O–H groups in total. The largest absolute Gasteiger partial charge is 0.456 e. The normalized spacial score (nSPS) is 11.5. The Morgan fingerprint density at radius 2 is 0.962 bits per heavy atom. The van der Waals surface area contributed by atoms with Gasteiger partial charge in [-0.2, -0.15) is 0 Å². The van der Waals surface area contributed by atoms with Crippen molar-refractivity contribution >= 4 is 67.1 Å². The van der Waals surface area contributed by atoms with Gasteiger partial charge in [0.1, 0.15) is 22.7 Å². The summed E-state index contributed by atoms with van der Waals surface area (Å²) in [4.78, 5) is 0. The number of benzene rings is 3. The van der Waals surface area contributed by atoms with Crippen LogP contribution in [0.5, 0.6) is 0 Å². The molecule has 5 rings (SSSR count). The summed E-state index contributed by atoms with van der Waals surface area (Å²) < 4.78 is 14.4. The summed E-state index contributed by atoms with van der Waals surface area (Å²) in [6.45, 7) is 0. The number of halogens is 2. The van der Waals surface area contributed by atoms with Gasteiger partial charge in [0.15, 0.2) is 0 Å². The third-order valence-corrected chi connectivity index (χ3v) is 6.22. The smallest absolute Gasteiger partial charge is 0.136 e. The average Bonchev–Trinajstić information content (AvgIpc) is 3.26. The molecule has 0 unspecified atom stereocenters. The molecule has 3 aromatic carbocycles. The lowest BCUT2D eigenvalue weighted by atomic mass is 10.1. The Kier molecular flexibility index (Phi) is 4.04. The quantitative estimate of drug-likeness (QED) is 0.206. The summed E-state index contributed by atoms with van der Waals surface area (Å²) >= 11 is 4.74. The monoisotopic (exact) mass is 562 g/mol. The molecule has 126 valence electrons. The molecule has 2 nitrogen and oxygen atoms in total. The summed E-state index contributed by atoms with van der Waals surface area (Å²) in [5, 5.41) is 2.24. The lowest BCUT2D eigenvalue weighted by Crippen LogP contribution is -1.87. The van der Waals surface area contributed by atoms with Crippen LogP contribution in [-0.4, -0.2) is 0 Å². The second-order valence-corrected chi connectivity index (χ2v) is 8.43. The van der Waals surface area contributed by atoms with Crippen LogP contribution in [0.2, 0.25) is 0 Å². The van der Waals surface area contributed by atoms with E-state index in [0.29, 0.717) is 0 Å². The highest BCUT2D eigenvalue weighted by molar-refractivity contribution is 14.1. The highest BCUT2D eigenvalue weighted by atomic mass is 127. The van der Waals surface area contributed by atoms with Crippen LogP contribution in [0.4, 0.5) is 0 Å². The van der Waals surface area contributed by atoms with E-state index in [0.717, 1.165) is 51.7 Å². The van der Waals surface area contributed by atoms with Crippen LogP contribution < -0.4 is 0 Å². The molecule has 0 amide bonds. The molecular weight excluding hydrogens is 550 g/mol. The fourth-order valence-corrected chi connectivity index (χ4v) is 4.62. The first-order valence-electron chi connectivity index (χ1n) is 8.16. The van der Waals surface area contributed by atoms with Gasteiger partial charge in [0, 0.05) is 29.0 Å². The second-order valence-electron chi connectivity index (χ2n) is 6.11. The van der Waals surface area contributed by atoms with Crippen LogP contribution in [0.25, 0.3) is 44.6 Å². The lowest BCUT2D eigenvalue weighted by Gasteiger charge is -2.07. The molecule has 0 spiro atoms. The third-order valence-electron chi connectivity index (χ3n) is 4.44. The number of furan rings is 2. The van der Waals surface area contributed by atoms with E-state index < -0.39 is 0 Å². The highest BCUT2D eigenvalue weighted by Gasteiger charge is 2.16. The highest BCUT2D eigenvalue weighted by Crippen LogP contribution is 2.37. The van der Waals surface area contributed by atoms with Crippen molar-refractivity contribution in [3.05, 3.63) is 79.9 Å². The van der Waals surface area contributed by atoms with E-state index in [1.165, 1.54) is 0 Å². The first-order chi connectivity index (χ1) is 12.7. The van der Waals surface area contributed by atoms with Crippen molar-refractivity contribution in [1.82, 2.24) is 0 Å². The molecule has 2 heterocycles. The maximum Gasteiger partial charge on any atom is 0.136 e. The van der Waals surface area contributed by atoms with Crippen LogP contribution in [0, 0.1) is 7.14 Å². The molecule has 0 fully saturated rings. The third kappa shape index (κ3) is 2.75. The van der Waals surface area contributed by atoms with Crippen LogP contribution >= 0.6 is 45.2 Å². The van der Waals surface area contributed by atoms with Gasteiger partial charge in [-0.05, 0) is 81.6 Å². The number of hydrogen-bond donors (Lipinski definition) is 0. The Labute approximate surface area is 177 Å². The Hall–Kier alpha value is -1.80. The van der Waals surface area contributed by atoms with E-state index in [9.17, 15) is 0 Å². The molecule has 0 aliphatic heterocycles. The minimum Gasteiger partial charge on any atom is -0.456 e. The Bertz CT molecular complexity index is 1100. The SMILES string of the molecule is Ic1cc(-c2cc3ccccc3o2)c(I)cc1-c1cc2ccccc2o1. The van der Waals surface area contributed by atoms with Gasteiger partial charge in [-0.1, -0.05) is 36.4 Å². The standard InChI is InChI=1S/C22H12I2O2/c23-17-12-16(22-10-14-6-2-4-8-20(14)26-22)18(24)11-15(17)21-9-13-5-1-3-7-19(13)25-21/h1-12H. The molecule has 0 aliphatic carbocycles. The van der Waals surface area contributed by atoms with Gasteiger partial charge >= 0.3 is 0 Å². The lowest BCUT2D eigenvalue weighted by molar-refractivity contribution is 0.629. The van der Waals surface area contributed by atoms with E-state index in [-0.39, 0.29) is 0 Å². The van der Waals surface area contributed by atoms with E-state index >= 15 is 0 Å². The molecule has 0 saturated carbocycles. The molecule has 26 heavy (non-hydrogen) atoms. The van der Waals surface area contributed by atoms with Crippen LogP contribution in [0.1, 0.15) is 0 Å². The van der Waals surface area contributed by atoms with Crippen LogP contribution in [0.3, 0.4) is 0 Å². The zero-order chi connectivity index (χ0) is 17.7. The summed E-state index contributed by atoms with van der Waals surface area (Å²) in [5.74, 6) is 1.79. The Balaban J connectivity index is 1.64. The predicted molar refractivity (Wildman–Crippen MR) is 122 cm³/mol. The van der Waals surface area contributed by atoms with Gasteiger partial charge < -0.3 is 8.83 Å². The average molecular weight is 562 g/mol. The first-order valence-corrected chi connectivity index (χ1v) is 10.3. The molecule has 4 heteroatoms. The predicted octanol–water partition coefficient (Wildman–Crippen LogP) is 7.72. The van der Waals surface area contributed by atoms with E-state index in [1.807, 2.05) is 36.4 Å². The van der Waals surface area contributed by atoms with Crippen LogP contribution in [0.15, 0.2) is 81.6 Å². The van der Waals surface area contributed by atoms with Crippen molar-refractivity contribution in [1.29, 1.82) is 0 Å². The van der Waals surface area contributed by atoms with E-state index in [1.54, 1.807) is 0 Å². The molecule has 2 aromatic heterocycles. The number of hydrogen-bond acceptors (Lipinski definition) is 2. The minimum atomic E-state index is 0.893. The molecule has 0 saturated heterocycles. The van der Waals surface area contributed by atoms with Gasteiger partial charge in [-0.3, -0.25) is 0 Å². The zero-order valence-corrected chi connectivity index (χ0v) is 17.8. The number of para-hydroxylation sites is 2. The molecule has 5 aromatic rings. The van der Waals surface area contributed by atoms with E-state index in [4.69, 9.17) is 8.83 Å². The number of fused-ring (bicyclic) bond motifs is 2. The molecule has 0 atom stereocenters. The van der Waals surface area contributed by atoms with Gasteiger partial charge in [-0.15, -0.1) is 0 Å². The van der Waals surface area contributed by atoms with Crippen molar-refractivity contribution < 1.29 is 8.83 Å². The molecule has 0 bridgehead atoms. The summed E-state index contributed by atoms with van der Waals surface area (Å²) in [7, 11) is 0. The van der Waals surface area contributed by atoms with Crippen molar-refractivity contribution in [3.63, 3.8) is 0 Å². The van der Waals surface area contributed by atoms with Gasteiger partial charge in [0.2, 0.25) is 0 Å². The minimum absolute atomic E-state index is 0.893. The van der Waals surface area contributed by atoms with E-state index in [2.05, 4.69) is 81.6 Å². The molecule has 0 radical (unpaired) electrons. The Morgan fingerprint density at radius 3 is 1.38 bits per heavy atom. The maximum atomic E-state index is 6.05. The maximum absolute atomic E-state index is 6.05.